The third-order valence-electron chi connectivity index (χ3n) is 9.68. The Hall–Kier alpha value is -5.77. The van der Waals surface area contributed by atoms with Gasteiger partial charge in [0.05, 0.1) is 0 Å². The Kier molecular flexibility index (Phi) is 9.54. The molecule has 51 heavy (non-hydrogen) atoms. The second-order valence-electron chi connectivity index (χ2n) is 13.3. The van der Waals surface area contributed by atoms with Crippen LogP contribution in [0.5, 0.6) is 0 Å². The van der Waals surface area contributed by atoms with Crippen molar-refractivity contribution < 1.29 is 0 Å². The zero-order chi connectivity index (χ0) is 34.4. The van der Waals surface area contributed by atoms with Gasteiger partial charge in [-0.2, -0.15) is 0 Å². The van der Waals surface area contributed by atoms with E-state index in [4.69, 9.17) is 11.6 Å². The van der Waals surface area contributed by atoms with Crippen LogP contribution in [-0.2, 0) is 32.7 Å². The molecule has 0 fully saturated rings. The van der Waals surface area contributed by atoms with E-state index in [1.807, 2.05) is 12.1 Å². The molecule has 0 spiro atoms. The molecule has 8 rings (SSSR count). The standard InChI is InChI=1S/C47H40ClN3/c48-41-23-21-40(22-24-41)35-51-46-27-25-42(49(31-36-13-5-1-6-14-36)32-37-15-7-2-8-16-37)29-44(46)45-30-43(26-28-47(45)51)50(33-38-17-9-3-10-18-38)34-39-19-11-4-12-20-39/h1-30H,31-35H2. The van der Waals surface area contributed by atoms with E-state index in [1.165, 1.54) is 61.0 Å². The van der Waals surface area contributed by atoms with Crippen molar-refractivity contribution in [1.82, 2.24) is 4.57 Å². The largest absolute Gasteiger partial charge is 0.363 e. The number of fused-ring (bicyclic) bond motifs is 3. The van der Waals surface area contributed by atoms with Crippen LogP contribution in [0.1, 0.15) is 27.8 Å². The number of rotatable bonds is 12. The molecule has 250 valence electrons. The fourth-order valence-electron chi connectivity index (χ4n) is 7.11. The Morgan fingerprint density at radius 1 is 0.373 bits per heavy atom. The maximum Gasteiger partial charge on any atom is 0.0496 e. The van der Waals surface area contributed by atoms with E-state index >= 15 is 0 Å². The average molecular weight is 682 g/mol. The molecule has 0 aliphatic heterocycles. The van der Waals surface area contributed by atoms with Gasteiger partial charge in [-0.25, -0.2) is 0 Å². The monoisotopic (exact) mass is 681 g/mol. The summed E-state index contributed by atoms with van der Waals surface area (Å²) in [4.78, 5) is 4.99. The Morgan fingerprint density at radius 3 is 1.08 bits per heavy atom. The van der Waals surface area contributed by atoms with Crippen LogP contribution in [0.25, 0.3) is 21.8 Å². The van der Waals surface area contributed by atoms with Crippen molar-refractivity contribution in [3.05, 3.63) is 215 Å². The average Bonchev–Trinajstić information content (AvgIpc) is 3.48. The molecule has 0 aliphatic rings. The van der Waals surface area contributed by atoms with Crippen LogP contribution < -0.4 is 9.80 Å². The molecule has 0 N–H and O–H groups in total. The zero-order valence-electron chi connectivity index (χ0n) is 28.6. The predicted molar refractivity (Wildman–Crippen MR) is 216 cm³/mol. The van der Waals surface area contributed by atoms with Gasteiger partial charge in [-0.1, -0.05) is 145 Å². The van der Waals surface area contributed by atoms with Gasteiger partial charge in [-0.3, -0.25) is 0 Å². The van der Waals surface area contributed by atoms with Gasteiger partial charge in [0.1, 0.15) is 0 Å². The summed E-state index contributed by atoms with van der Waals surface area (Å²) < 4.78 is 2.46. The molecule has 4 heteroatoms. The fraction of sp³-hybridized carbons (Fsp3) is 0.106. The van der Waals surface area contributed by atoms with Crippen LogP contribution in [0.15, 0.2) is 182 Å². The van der Waals surface area contributed by atoms with Crippen LogP contribution in [0.2, 0.25) is 5.02 Å². The first-order chi connectivity index (χ1) is 25.2. The van der Waals surface area contributed by atoms with Crippen molar-refractivity contribution in [1.29, 1.82) is 0 Å². The molecule has 0 amide bonds. The molecule has 0 saturated heterocycles. The molecule has 3 nitrogen and oxygen atoms in total. The molecule has 0 radical (unpaired) electrons. The van der Waals surface area contributed by atoms with Crippen LogP contribution in [0.3, 0.4) is 0 Å². The molecule has 1 heterocycles. The maximum absolute atomic E-state index is 6.29. The molecule has 7 aromatic carbocycles. The van der Waals surface area contributed by atoms with Crippen molar-refractivity contribution in [2.75, 3.05) is 9.80 Å². The summed E-state index contributed by atoms with van der Waals surface area (Å²) in [5, 5.41) is 3.26. The lowest BCUT2D eigenvalue weighted by Gasteiger charge is -2.26. The van der Waals surface area contributed by atoms with Gasteiger partial charge >= 0.3 is 0 Å². The molecular weight excluding hydrogens is 642 g/mol. The Balaban J connectivity index is 1.26. The minimum Gasteiger partial charge on any atom is -0.363 e. The minimum absolute atomic E-state index is 0.754. The number of halogens is 1. The summed E-state index contributed by atoms with van der Waals surface area (Å²) in [5.74, 6) is 0. The maximum atomic E-state index is 6.29. The Morgan fingerprint density at radius 2 is 0.725 bits per heavy atom. The van der Waals surface area contributed by atoms with Crippen LogP contribution in [0.4, 0.5) is 11.4 Å². The zero-order valence-corrected chi connectivity index (χ0v) is 29.3. The summed E-state index contributed by atoms with van der Waals surface area (Å²) in [6, 6.07) is 65.4. The third kappa shape index (κ3) is 7.55. The lowest BCUT2D eigenvalue weighted by Crippen LogP contribution is -2.22. The van der Waals surface area contributed by atoms with Gasteiger partial charge in [0.2, 0.25) is 0 Å². The second-order valence-corrected chi connectivity index (χ2v) is 13.7. The van der Waals surface area contributed by atoms with Crippen molar-refractivity contribution in [2.45, 2.75) is 32.7 Å². The molecule has 0 unspecified atom stereocenters. The molecule has 0 bridgehead atoms. The second kappa shape index (κ2) is 15.0. The van der Waals surface area contributed by atoms with Crippen LogP contribution in [-0.4, -0.2) is 4.57 Å². The molecule has 8 aromatic rings. The highest BCUT2D eigenvalue weighted by atomic mass is 35.5. The van der Waals surface area contributed by atoms with Gasteiger partial charge < -0.3 is 14.4 Å². The smallest absolute Gasteiger partial charge is 0.0496 e. The highest BCUT2D eigenvalue weighted by Gasteiger charge is 2.18. The van der Waals surface area contributed by atoms with E-state index in [1.54, 1.807) is 0 Å². The fourth-order valence-corrected chi connectivity index (χ4v) is 7.23. The minimum atomic E-state index is 0.754. The molecule has 0 atom stereocenters. The van der Waals surface area contributed by atoms with E-state index in [-0.39, 0.29) is 0 Å². The summed E-state index contributed by atoms with van der Waals surface area (Å²) >= 11 is 6.29. The summed E-state index contributed by atoms with van der Waals surface area (Å²) in [5.41, 5.74) is 11.2. The van der Waals surface area contributed by atoms with Gasteiger partial charge in [0.25, 0.3) is 0 Å². The van der Waals surface area contributed by atoms with E-state index in [9.17, 15) is 0 Å². The number of benzene rings is 7. The van der Waals surface area contributed by atoms with Crippen LogP contribution in [0, 0.1) is 0 Å². The number of hydrogen-bond donors (Lipinski definition) is 0. The van der Waals surface area contributed by atoms with Gasteiger partial charge in [0.15, 0.2) is 0 Å². The number of nitrogens with zero attached hydrogens (tertiary/aromatic N) is 3. The number of hydrogen-bond acceptors (Lipinski definition) is 2. The van der Waals surface area contributed by atoms with Crippen molar-refractivity contribution in [3.8, 4) is 0 Å². The molecular formula is C47H40ClN3. The SMILES string of the molecule is Clc1ccc(Cn2c3ccc(N(Cc4ccccc4)Cc4ccccc4)cc3c3cc(N(Cc4ccccc4)Cc4ccccc4)ccc32)cc1. The van der Waals surface area contributed by atoms with Gasteiger partial charge in [0, 0.05) is 70.9 Å². The topological polar surface area (TPSA) is 11.4 Å². The third-order valence-corrected chi connectivity index (χ3v) is 9.93. The normalized spacial score (nSPS) is 11.2. The lowest BCUT2D eigenvalue weighted by molar-refractivity contribution is 0.800. The van der Waals surface area contributed by atoms with Crippen LogP contribution >= 0.6 is 11.6 Å². The van der Waals surface area contributed by atoms with E-state index in [2.05, 4.69) is 184 Å². The van der Waals surface area contributed by atoms with E-state index in [0.29, 0.717) is 0 Å². The first-order valence-electron chi connectivity index (χ1n) is 17.6. The highest BCUT2D eigenvalue weighted by Crippen LogP contribution is 2.36. The van der Waals surface area contributed by atoms with E-state index < -0.39 is 0 Å². The number of aromatic nitrogens is 1. The molecule has 0 aliphatic carbocycles. The summed E-state index contributed by atoms with van der Waals surface area (Å²) in [7, 11) is 0. The van der Waals surface area contributed by atoms with Gasteiger partial charge in [-0.05, 0) is 76.3 Å². The first-order valence-corrected chi connectivity index (χ1v) is 18.0. The lowest BCUT2D eigenvalue weighted by atomic mass is 10.1. The van der Waals surface area contributed by atoms with Gasteiger partial charge in [-0.15, -0.1) is 0 Å². The summed E-state index contributed by atoms with van der Waals surface area (Å²) in [6.45, 7) is 4.02. The number of anilines is 2. The molecule has 0 saturated carbocycles. The predicted octanol–water partition coefficient (Wildman–Crippen LogP) is 11.9. The van der Waals surface area contributed by atoms with E-state index in [0.717, 1.165) is 37.7 Å². The highest BCUT2D eigenvalue weighted by molar-refractivity contribution is 6.30. The Bertz CT molecular complexity index is 2110. The van der Waals surface area contributed by atoms with Crippen molar-refractivity contribution >= 4 is 44.8 Å². The van der Waals surface area contributed by atoms with Crippen molar-refractivity contribution in [2.24, 2.45) is 0 Å². The summed E-state index contributed by atoms with van der Waals surface area (Å²) in [6.07, 6.45) is 0. The van der Waals surface area contributed by atoms with Crippen molar-refractivity contribution in [3.63, 3.8) is 0 Å². The first kappa shape index (κ1) is 32.4. The molecule has 1 aromatic heterocycles. The Labute approximate surface area is 305 Å². The quantitative estimate of drug-likeness (QED) is 0.127.